The van der Waals surface area contributed by atoms with Gasteiger partial charge in [0.15, 0.2) is 0 Å². The Morgan fingerprint density at radius 3 is 2.50 bits per heavy atom. The Bertz CT molecular complexity index is 282. The minimum atomic E-state index is 0.324. The van der Waals surface area contributed by atoms with E-state index in [0.29, 0.717) is 11.7 Å². The fraction of sp³-hybridized carbons (Fsp3) is 0.933. The van der Waals surface area contributed by atoms with Gasteiger partial charge < -0.3 is 9.80 Å². The summed E-state index contributed by atoms with van der Waals surface area (Å²) in [5.74, 6) is 1.58. The molecule has 0 spiro atoms. The lowest BCUT2D eigenvalue weighted by Gasteiger charge is -2.37. The van der Waals surface area contributed by atoms with Crippen LogP contribution in [-0.4, -0.2) is 55.4 Å². The molecule has 2 unspecified atom stereocenters. The smallest absolute Gasteiger partial charge is 0.137 e. The maximum Gasteiger partial charge on any atom is 0.137 e. The van der Waals surface area contributed by atoms with E-state index in [1.165, 1.54) is 25.9 Å². The highest BCUT2D eigenvalue weighted by Gasteiger charge is 2.29. The largest absolute Gasteiger partial charge is 0.306 e. The third-order valence-corrected chi connectivity index (χ3v) is 4.79. The molecule has 0 N–H and O–H groups in total. The molecule has 1 saturated heterocycles. The second-order valence-electron chi connectivity index (χ2n) is 6.54. The third-order valence-electron chi connectivity index (χ3n) is 4.79. The van der Waals surface area contributed by atoms with Crippen LogP contribution >= 0.6 is 0 Å². The fourth-order valence-electron chi connectivity index (χ4n) is 3.43. The maximum absolute atomic E-state index is 12.0. The monoisotopic (exact) mass is 252 g/mol. The van der Waals surface area contributed by atoms with Crippen LogP contribution in [0.25, 0.3) is 0 Å². The summed E-state index contributed by atoms with van der Waals surface area (Å²) in [6.45, 7) is 5.64. The van der Waals surface area contributed by atoms with Crippen LogP contribution in [0.15, 0.2) is 0 Å². The summed E-state index contributed by atoms with van der Waals surface area (Å²) in [5.41, 5.74) is 0. The summed E-state index contributed by atoms with van der Waals surface area (Å²) in [5, 5.41) is 0. The van der Waals surface area contributed by atoms with Crippen molar-refractivity contribution in [3.8, 4) is 0 Å². The minimum Gasteiger partial charge on any atom is -0.306 e. The highest BCUT2D eigenvalue weighted by molar-refractivity contribution is 5.81. The highest BCUT2D eigenvalue weighted by atomic mass is 16.1. The molecule has 3 heteroatoms. The van der Waals surface area contributed by atoms with Gasteiger partial charge in [-0.1, -0.05) is 6.92 Å². The van der Waals surface area contributed by atoms with E-state index < -0.39 is 0 Å². The van der Waals surface area contributed by atoms with Crippen LogP contribution in [0, 0.1) is 11.8 Å². The normalized spacial score (nSPS) is 32.1. The van der Waals surface area contributed by atoms with Crippen molar-refractivity contribution in [2.75, 3.05) is 33.7 Å². The Labute approximate surface area is 112 Å². The van der Waals surface area contributed by atoms with Gasteiger partial charge in [0.1, 0.15) is 5.78 Å². The van der Waals surface area contributed by atoms with Gasteiger partial charge in [-0.15, -0.1) is 0 Å². The molecule has 104 valence electrons. The molecule has 1 aliphatic heterocycles. The van der Waals surface area contributed by atoms with Crippen LogP contribution in [0.1, 0.15) is 39.0 Å². The van der Waals surface area contributed by atoms with Gasteiger partial charge in [-0.05, 0) is 58.8 Å². The first-order valence-electron chi connectivity index (χ1n) is 7.47. The number of nitrogens with zero attached hydrogens (tertiary/aromatic N) is 2. The van der Waals surface area contributed by atoms with Crippen LogP contribution < -0.4 is 0 Å². The molecule has 0 aromatic heterocycles. The first-order chi connectivity index (χ1) is 8.56. The average Bonchev–Trinajstić information content (AvgIpc) is 2.34. The Kier molecular flexibility index (Phi) is 4.79. The van der Waals surface area contributed by atoms with Gasteiger partial charge in [0.2, 0.25) is 0 Å². The lowest BCUT2D eigenvalue weighted by Crippen LogP contribution is -2.45. The lowest BCUT2D eigenvalue weighted by molar-refractivity contribution is -0.126. The minimum absolute atomic E-state index is 0.324. The first-order valence-corrected chi connectivity index (χ1v) is 7.47. The Hall–Kier alpha value is -0.410. The van der Waals surface area contributed by atoms with E-state index in [0.717, 1.165) is 37.8 Å². The predicted molar refractivity (Wildman–Crippen MR) is 74.7 cm³/mol. The molecule has 0 radical (unpaired) electrons. The maximum atomic E-state index is 12.0. The second-order valence-corrected chi connectivity index (χ2v) is 6.54. The third kappa shape index (κ3) is 3.55. The van der Waals surface area contributed by atoms with Crippen molar-refractivity contribution in [1.29, 1.82) is 0 Å². The summed E-state index contributed by atoms with van der Waals surface area (Å²) in [6, 6.07) is 0.738. The van der Waals surface area contributed by atoms with Gasteiger partial charge in [-0.25, -0.2) is 0 Å². The topological polar surface area (TPSA) is 23.6 Å². The molecule has 2 atom stereocenters. The number of rotatable bonds is 3. The summed E-state index contributed by atoms with van der Waals surface area (Å²) in [6.07, 6.45) is 5.55. The second kappa shape index (κ2) is 6.16. The molecule has 0 aromatic rings. The summed E-state index contributed by atoms with van der Waals surface area (Å²) < 4.78 is 0. The van der Waals surface area contributed by atoms with Crippen LogP contribution in [-0.2, 0) is 4.79 Å². The average molecular weight is 252 g/mol. The number of Topliss-reactive ketones (excluding diaryl/α,β-unsaturated/α-hetero) is 1. The number of carbonyl (C=O) groups is 1. The molecule has 0 aromatic carbocycles. The van der Waals surface area contributed by atoms with Crippen molar-refractivity contribution < 1.29 is 4.79 Å². The molecule has 2 aliphatic rings. The molecule has 2 fully saturated rings. The van der Waals surface area contributed by atoms with E-state index in [1.54, 1.807) is 0 Å². The van der Waals surface area contributed by atoms with E-state index in [4.69, 9.17) is 0 Å². The van der Waals surface area contributed by atoms with Crippen molar-refractivity contribution in [2.45, 2.75) is 45.1 Å². The Morgan fingerprint density at radius 1 is 1.22 bits per heavy atom. The summed E-state index contributed by atoms with van der Waals surface area (Å²) in [4.78, 5) is 16.8. The first kappa shape index (κ1) is 14.0. The zero-order valence-corrected chi connectivity index (χ0v) is 12.2. The van der Waals surface area contributed by atoms with Gasteiger partial charge in [0.25, 0.3) is 0 Å². The van der Waals surface area contributed by atoms with Crippen molar-refractivity contribution >= 4 is 5.78 Å². The molecular weight excluding hydrogens is 224 g/mol. The molecule has 1 aliphatic carbocycles. The summed E-state index contributed by atoms with van der Waals surface area (Å²) >= 11 is 0. The molecule has 1 heterocycles. The van der Waals surface area contributed by atoms with Gasteiger partial charge >= 0.3 is 0 Å². The van der Waals surface area contributed by atoms with E-state index in [2.05, 4.69) is 30.8 Å². The van der Waals surface area contributed by atoms with E-state index in [1.807, 2.05) is 0 Å². The van der Waals surface area contributed by atoms with E-state index >= 15 is 0 Å². The van der Waals surface area contributed by atoms with Crippen LogP contribution in [0.3, 0.4) is 0 Å². The molecule has 2 rings (SSSR count). The van der Waals surface area contributed by atoms with Gasteiger partial charge in [-0.3, -0.25) is 4.79 Å². The summed E-state index contributed by atoms with van der Waals surface area (Å²) in [7, 11) is 4.35. The quantitative estimate of drug-likeness (QED) is 0.768. The molecular formula is C15H28N2O. The molecule has 18 heavy (non-hydrogen) atoms. The van der Waals surface area contributed by atoms with Gasteiger partial charge in [0, 0.05) is 24.9 Å². The Balaban J connectivity index is 1.78. The predicted octanol–water partition coefficient (Wildman–Crippen LogP) is 2.02. The van der Waals surface area contributed by atoms with E-state index in [9.17, 15) is 4.79 Å². The van der Waals surface area contributed by atoms with Crippen LogP contribution in [0.2, 0.25) is 0 Å². The van der Waals surface area contributed by atoms with Gasteiger partial charge in [0.05, 0.1) is 0 Å². The van der Waals surface area contributed by atoms with Crippen LogP contribution in [0.4, 0.5) is 0 Å². The Morgan fingerprint density at radius 2 is 1.89 bits per heavy atom. The molecule has 0 amide bonds. The number of likely N-dealkylation sites (tertiary alicyclic amines) is 1. The zero-order chi connectivity index (χ0) is 13.1. The SMILES string of the molecule is CC1CCC(=O)C(CN2CCC(N(C)C)CC2)C1. The van der Waals surface area contributed by atoms with Gasteiger partial charge in [-0.2, -0.15) is 0 Å². The van der Waals surface area contributed by atoms with Crippen molar-refractivity contribution in [2.24, 2.45) is 11.8 Å². The van der Waals surface area contributed by atoms with Crippen LogP contribution in [0.5, 0.6) is 0 Å². The number of ketones is 1. The fourth-order valence-corrected chi connectivity index (χ4v) is 3.43. The standard InChI is InChI=1S/C15H28N2O/c1-12-4-5-15(18)13(10-12)11-17-8-6-14(7-9-17)16(2)3/h12-14H,4-11H2,1-3H3. The molecule has 3 nitrogen and oxygen atoms in total. The molecule has 1 saturated carbocycles. The lowest BCUT2D eigenvalue weighted by atomic mass is 9.81. The van der Waals surface area contributed by atoms with Crippen molar-refractivity contribution in [3.05, 3.63) is 0 Å². The zero-order valence-electron chi connectivity index (χ0n) is 12.2. The van der Waals surface area contributed by atoms with Crippen molar-refractivity contribution in [3.63, 3.8) is 0 Å². The van der Waals surface area contributed by atoms with Crippen molar-refractivity contribution in [1.82, 2.24) is 9.80 Å². The number of hydrogen-bond donors (Lipinski definition) is 0. The highest BCUT2D eigenvalue weighted by Crippen LogP contribution is 2.27. The number of carbonyl (C=O) groups excluding carboxylic acids is 1. The molecule has 0 bridgehead atoms. The number of piperidine rings is 1. The van der Waals surface area contributed by atoms with E-state index in [-0.39, 0.29) is 0 Å². The number of hydrogen-bond acceptors (Lipinski definition) is 3.